The fourth-order valence-electron chi connectivity index (χ4n) is 3.24. The van der Waals surface area contributed by atoms with Crippen molar-refractivity contribution in [2.45, 2.75) is 45.1 Å². The summed E-state index contributed by atoms with van der Waals surface area (Å²) >= 11 is 6.23. The maximum Gasteiger partial charge on any atom is 0.261 e. The summed E-state index contributed by atoms with van der Waals surface area (Å²) in [6, 6.07) is 10.7. The molecular formula is C21H22ClNO3. The SMILES string of the molecule is Cc1ccc(Cl)c2c1NC(=O)[C@@]2(O)CC(=O)c1ccc(C(C)(C)C)cc1. The number of rotatable bonds is 3. The first-order chi connectivity index (χ1) is 12.0. The van der Waals surface area contributed by atoms with Gasteiger partial charge in [0, 0.05) is 16.1 Å². The highest BCUT2D eigenvalue weighted by Gasteiger charge is 2.48. The van der Waals surface area contributed by atoms with Gasteiger partial charge >= 0.3 is 0 Å². The summed E-state index contributed by atoms with van der Waals surface area (Å²) in [6.45, 7) is 8.10. The van der Waals surface area contributed by atoms with Crippen LogP contribution in [0.15, 0.2) is 36.4 Å². The molecule has 4 nitrogen and oxygen atoms in total. The van der Waals surface area contributed by atoms with Gasteiger partial charge in [0.1, 0.15) is 0 Å². The molecular weight excluding hydrogens is 350 g/mol. The van der Waals surface area contributed by atoms with Crippen LogP contribution in [0.3, 0.4) is 0 Å². The van der Waals surface area contributed by atoms with E-state index in [2.05, 4.69) is 26.1 Å². The highest BCUT2D eigenvalue weighted by Crippen LogP contribution is 2.44. The fraction of sp³-hybridized carbons (Fsp3) is 0.333. The van der Waals surface area contributed by atoms with Gasteiger partial charge in [0.05, 0.1) is 12.1 Å². The lowest BCUT2D eigenvalue weighted by Gasteiger charge is -2.22. The predicted octanol–water partition coefficient (Wildman–Crippen LogP) is 4.36. The Morgan fingerprint density at radius 2 is 1.77 bits per heavy atom. The first-order valence-corrected chi connectivity index (χ1v) is 8.89. The Morgan fingerprint density at radius 1 is 1.15 bits per heavy atom. The van der Waals surface area contributed by atoms with E-state index in [4.69, 9.17) is 11.6 Å². The number of hydrogen-bond donors (Lipinski definition) is 2. The number of halogens is 1. The van der Waals surface area contributed by atoms with E-state index >= 15 is 0 Å². The van der Waals surface area contributed by atoms with Crippen LogP contribution in [0, 0.1) is 6.92 Å². The normalized spacial score (nSPS) is 19.2. The summed E-state index contributed by atoms with van der Waals surface area (Å²) < 4.78 is 0. The number of anilines is 1. The second-order valence-electron chi connectivity index (χ2n) is 7.86. The molecule has 1 amide bonds. The van der Waals surface area contributed by atoms with Crippen LogP contribution in [0.4, 0.5) is 5.69 Å². The van der Waals surface area contributed by atoms with Gasteiger partial charge in [-0.2, -0.15) is 0 Å². The average molecular weight is 372 g/mol. The molecule has 0 aliphatic carbocycles. The molecule has 2 aromatic carbocycles. The first-order valence-electron chi connectivity index (χ1n) is 8.51. The number of hydrogen-bond acceptors (Lipinski definition) is 3. The molecule has 0 spiro atoms. The zero-order valence-electron chi connectivity index (χ0n) is 15.3. The number of nitrogens with one attached hydrogen (secondary N) is 1. The number of benzene rings is 2. The summed E-state index contributed by atoms with van der Waals surface area (Å²) in [6.07, 6.45) is -0.357. The third kappa shape index (κ3) is 3.04. The Bertz CT molecular complexity index is 897. The summed E-state index contributed by atoms with van der Waals surface area (Å²) in [5, 5.41) is 13.9. The average Bonchev–Trinajstić information content (AvgIpc) is 2.83. The molecule has 2 N–H and O–H groups in total. The Labute approximate surface area is 158 Å². The van der Waals surface area contributed by atoms with Gasteiger partial charge in [-0.3, -0.25) is 9.59 Å². The van der Waals surface area contributed by atoms with Crippen molar-refractivity contribution in [1.29, 1.82) is 0 Å². The van der Waals surface area contributed by atoms with E-state index in [9.17, 15) is 14.7 Å². The van der Waals surface area contributed by atoms with Crippen molar-refractivity contribution in [1.82, 2.24) is 0 Å². The minimum atomic E-state index is -1.96. The zero-order valence-corrected chi connectivity index (χ0v) is 16.1. The first kappa shape index (κ1) is 18.6. The van der Waals surface area contributed by atoms with Crippen molar-refractivity contribution in [2.24, 2.45) is 0 Å². The molecule has 1 aliphatic rings. The van der Waals surface area contributed by atoms with Crippen LogP contribution in [-0.2, 0) is 15.8 Å². The molecule has 0 aromatic heterocycles. The van der Waals surface area contributed by atoms with Crippen LogP contribution in [0.1, 0.15) is 54.2 Å². The van der Waals surface area contributed by atoms with Crippen molar-refractivity contribution >= 4 is 29.0 Å². The number of aliphatic hydroxyl groups is 1. The lowest BCUT2D eigenvalue weighted by Crippen LogP contribution is -2.36. The molecule has 26 heavy (non-hydrogen) atoms. The van der Waals surface area contributed by atoms with Crippen molar-refractivity contribution in [3.05, 3.63) is 63.7 Å². The zero-order chi connectivity index (χ0) is 19.3. The van der Waals surface area contributed by atoms with Gasteiger partial charge in [-0.1, -0.05) is 62.7 Å². The molecule has 0 fully saturated rings. The number of amides is 1. The van der Waals surface area contributed by atoms with Gasteiger partial charge in [0.15, 0.2) is 11.4 Å². The monoisotopic (exact) mass is 371 g/mol. The Balaban J connectivity index is 1.93. The molecule has 2 aromatic rings. The minimum absolute atomic E-state index is 0.0187. The summed E-state index contributed by atoms with van der Waals surface area (Å²) in [5.41, 5.74) is 1.14. The Kier molecular flexibility index (Phi) is 4.45. The molecule has 0 radical (unpaired) electrons. The van der Waals surface area contributed by atoms with Gasteiger partial charge in [-0.05, 0) is 29.5 Å². The summed E-state index contributed by atoms with van der Waals surface area (Å²) in [4.78, 5) is 25.2. The second-order valence-corrected chi connectivity index (χ2v) is 8.26. The second kappa shape index (κ2) is 6.22. The lowest BCUT2D eigenvalue weighted by atomic mass is 9.84. The highest BCUT2D eigenvalue weighted by atomic mass is 35.5. The molecule has 0 unspecified atom stereocenters. The molecule has 1 aliphatic heterocycles. The minimum Gasteiger partial charge on any atom is -0.375 e. The third-order valence-electron chi connectivity index (χ3n) is 4.88. The van der Waals surface area contributed by atoms with Gasteiger partial charge in [-0.25, -0.2) is 0 Å². The maximum atomic E-state index is 12.7. The summed E-state index contributed by atoms with van der Waals surface area (Å²) in [5.74, 6) is -0.933. The van der Waals surface area contributed by atoms with Crippen molar-refractivity contribution in [2.75, 3.05) is 5.32 Å². The number of ketones is 1. The molecule has 1 heterocycles. The molecule has 5 heteroatoms. The van der Waals surface area contributed by atoms with Crippen molar-refractivity contribution in [3.8, 4) is 0 Å². The van der Waals surface area contributed by atoms with Gasteiger partial charge in [0.2, 0.25) is 0 Å². The Hall–Kier alpha value is -2.17. The third-order valence-corrected chi connectivity index (χ3v) is 5.19. The number of carbonyl (C=O) groups is 2. The molecule has 0 saturated carbocycles. The van der Waals surface area contributed by atoms with Crippen LogP contribution in [-0.4, -0.2) is 16.8 Å². The molecule has 3 rings (SSSR count). The van der Waals surface area contributed by atoms with Crippen molar-refractivity contribution in [3.63, 3.8) is 0 Å². The molecule has 1 atom stereocenters. The molecule has 0 bridgehead atoms. The van der Waals surface area contributed by atoms with E-state index in [1.54, 1.807) is 24.3 Å². The van der Waals surface area contributed by atoms with E-state index in [1.807, 2.05) is 19.1 Å². The van der Waals surface area contributed by atoms with E-state index in [0.29, 0.717) is 11.3 Å². The quantitative estimate of drug-likeness (QED) is 0.788. The van der Waals surface area contributed by atoms with E-state index in [1.165, 1.54) is 0 Å². The number of carbonyl (C=O) groups excluding carboxylic acids is 2. The number of Topliss-reactive ketones (excluding diaryl/α,β-unsaturated/α-hetero) is 1. The highest BCUT2D eigenvalue weighted by molar-refractivity contribution is 6.33. The van der Waals surface area contributed by atoms with Gasteiger partial charge in [0.25, 0.3) is 5.91 Å². The van der Waals surface area contributed by atoms with E-state index in [-0.39, 0.29) is 28.2 Å². The summed E-state index contributed by atoms with van der Waals surface area (Å²) in [7, 11) is 0. The fourth-order valence-corrected chi connectivity index (χ4v) is 3.55. The number of aryl methyl sites for hydroxylation is 1. The standard InChI is InChI=1S/C21H22ClNO3/c1-12-5-10-15(22)17-18(12)23-19(25)21(17,26)11-16(24)13-6-8-14(9-7-13)20(2,3)4/h5-10,26H,11H2,1-4H3,(H,23,25)/t21-/m1/s1. The van der Waals surface area contributed by atoms with Gasteiger partial charge < -0.3 is 10.4 Å². The number of fused-ring (bicyclic) bond motifs is 1. The smallest absolute Gasteiger partial charge is 0.261 e. The largest absolute Gasteiger partial charge is 0.375 e. The maximum absolute atomic E-state index is 12.7. The van der Waals surface area contributed by atoms with Crippen LogP contribution in [0.2, 0.25) is 5.02 Å². The van der Waals surface area contributed by atoms with Crippen LogP contribution in [0.5, 0.6) is 0 Å². The molecule has 136 valence electrons. The van der Waals surface area contributed by atoms with E-state index < -0.39 is 11.5 Å². The molecule has 0 saturated heterocycles. The van der Waals surface area contributed by atoms with Crippen LogP contribution in [0.25, 0.3) is 0 Å². The Morgan fingerprint density at radius 3 is 2.35 bits per heavy atom. The lowest BCUT2D eigenvalue weighted by molar-refractivity contribution is -0.133. The predicted molar refractivity (Wildman–Crippen MR) is 103 cm³/mol. The van der Waals surface area contributed by atoms with E-state index in [0.717, 1.165) is 11.1 Å². The van der Waals surface area contributed by atoms with Crippen LogP contribution >= 0.6 is 11.6 Å². The van der Waals surface area contributed by atoms with Gasteiger partial charge in [-0.15, -0.1) is 0 Å². The van der Waals surface area contributed by atoms with Crippen molar-refractivity contribution < 1.29 is 14.7 Å². The van der Waals surface area contributed by atoms with Crippen LogP contribution < -0.4 is 5.32 Å². The topological polar surface area (TPSA) is 66.4 Å².